The van der Waals surface area contributed by atoms with Crippen LogP contribution in [0.5, 0.6) is 0 Å². The minimum absolute atomic E-state index is 0.171. The van der Waals surface area contributed by atoms with Crippen molar-refractivity contribution in [2.24, 2.45) is 5.92 Å². The first-order valence-electron chi connectivity index (χ1n) is 3.94. The van der Waals surface area contributed by atoms with Gasteiger partial charge in [-0.05, 0) is 18.9 Å². The highest BCUT2D eigenvalue weighted by atomic mass is 16.1. The number of fused-ring (bicyclic) bond motifs is 1. The molecule has 1 unspecified atom stereocenters. The lowest BCUT2D eigenvalue weighted by Crippen LogP contribution is -2.18. The third-order valence-corrected chi connectivity index (χ3v) is 2.24. The molecule has 1 atom stereocenters. The van der Waals surface area contributed by atoms with E-state index in [9.17, 15) is 4.79 Å². The Morgan fingerprint density at radius 1 is 1.36 bits per heavy atom. The molecule has 0 fully saturated rings. The summed E-state index contributed by atoms with van der Waals surface area (Å²) in [6, 6.07) is 0. The lowest BCUT2D eigenvalue weighted by atomic mass is 9.83. The van der Waals surface area contributed by atoms with E-state index in [0.29, 0.717) is 0 Å². The molecule has 2 aliphatic rings. The predicted molar refractivity (Wildman–Crippen MR) is 44.1 cm³/mol. The van der Waals surface area contributed by atoms with E-state index in [2.05, 4.69) is 12.2 Å². The molecule has 1 heteroatoms. The van der Waals surface area contributed by atoms with Crippen LogP contribution in [0.2, 0.25) is 0 Å². The maximum Gasteiger partial charge on any atom is 0.162 e. The van der Waals surface area contributed by atoms with E-state index in [1.807, 2.05) is 12.2 Å². The van der Waals surface area contributed by atoms with Gasteiger partial charge in [-0.25, -0.2) is 0 Å². The van der Waals surface area contributed by atoms with Crippen LogP contribution in [0.4, 0.5) is 0 Å². The van der Waals surface area contributed by atoms with Crippen LogP contribution in [0.25, 0.3) is 0 Å². The summed E-state index contributed by atoms with van der Waals surface area (Å²) < 4.78 is 0. The molecule has 2 rings (SSSR count). The highest BCUT2D eigenvalue weighted by Crippen LogP contribution is 2.27. The number of carbonyl (C=O) groups excluding carboxylic acids is 1. The second kappa shape index (κ2) is 2.50. The Kier molecular flexibility index (Phi) is 1.50. The molecule has 0 spiro atoms. The first kappa shape index (κ1) is 6.59. The van der Waals surface area contributed by atoms with Crippen molar-refractivity contribution in [1.29, 1.82) is 0 Å². The van der Waals surface area contributed by atoms with Gasteiger partial charge in [-0.2, -0.15) is 0 Å². The molecule has 2 aliphatic carbocycles. The number of carbonyl (C=O) groups is 1. The fourth-order valence-electron chi connectivity index (χ4n) is 1.61. The molecule has 0 bridgehead atoms. The summed E-state index contributed by atoms with van der Waals surface area (Å²) in [5.74, 6) is 0.442. The summed E-state index contributed by atoms with van der Waals surface area (Å²) in [7, 11) is 0. The van der Waals surface area contributed by atoms with Crippen molar-refractivity contribution >= 4 is 5.78 Å². The van der Waals surface area contributed by atoms with Crippen LogP contribution in [0, 0.1) is 5.92 Å². The third-order valence-electron chi connectivity index (χ3n) is 2.24. The lowest BCUT2D eigenvalue weighted by molar-refractivity contribution is -0.117. The summed E-state index contributed by atoms with van der Waals surface area (Å²) in [4.78, 5) is 11.3. The van der Waals surface area contributed by atoms with Crippen molar-refractivity contribution in [3.05, 3.63) is 36.0 Å². The van der Waals surface area contributed by atoms with Gasteiger partial charge in [-0.1, -0.05) is 29.9 Å². The van der Waals surface area contributed by atoms with E-state index in [1.54, 1.807) is 6.08 Å². The second-order valence-corrected chi connectivity index (χ2v) is 2.97. The van der Waals surface area contributed by atoms with Gasteiger partial charge < -0.3 is 0 Å². The number of rotatable bonds is 0. The van der Waals surface area contributed by atoms with Gasteiger partial charge >= 0.3 is 0 Å². The van der Waals surface area contributed by atoms with Crippen LogP contribution < -0.4 is 0 Å². The maximum absolute atomic E-state index is 11.3. The van der Waals surface area contributed by atoms with Gasteiger partial charge in [0.1, 0.15) is 0 Å². The highest BCUT2D eigenvalue weighted by Gasteiger charge is 2.22. The van der Waals surface area contributed by atoms with Crippen LogP contribution in [0.3, 0.4) is 0 Å². The van der Waals surface area contributed by atoms with Crippen molar-refractivity contribution in [3.63, 3.8) is 0 Å². The van der Waals surface area contributed by atoms with E-state index in [1.165, 1.54) is 5.57 Å². The summed E-state index contributed by atoms with van der Waals surface area (Å²) in [6.45, 7) is 0. The minimum atomic E-state index is 0.171. The average Bonchev–Trinajstić information content (AvgIpc) is 2.06. The normalized spacial score (nSPS) is 28.2. The SMILES string of the molecule is O=C1C=CCC2=CC=CCC12. The van der Waals surface area contributed by atoms with Gasteiger partial charge in [0, 0.05) is 5.92 Å². The van der Waals surface area contributed by atoms with Gasteiger partial charge in [-0.15, -0.1) is 0 Å². The summed E-state index contributed by atoms with van der Waals surface area (Å²) in [5, 5.41) is 0. The Morgan fingerprint density at radius 2 is 2.27 bits per heavy atom. The van der Waals surface area contributed by atoms with Crippen LogP contribution >= 0.6 is 0 Å². The van der Waals surface area contributed by atoms with E-state index >= 15 is 0 Å². The smallest absolute Gasteiger partial charge is 0.162 e. The first-order valence-corrected chi connectivity index (χ1v) is 3.94. The topological polar surface area (TPSA) is 17.1 Å². The maximum atomic E-state index is 11.3. The molecule has 0 heterocycles. The van der Waals surface area contributed by atoms with E-state index in [4.69, 9.17) is 0 Å². The number of ketones is 1. The number of allylic oxidation sites excluding steroid dienone is 6. The van der Waals surface area contributed by atoms with Crippen LogP contribution in [-0.4, -0.2) is 5.78 Å². The molecule has 0 saturated carbocycles. The van der Waals surface area contributed by atoms with E-state index in [-0.39, 0.29) is 11.7 Å². The second-order valence-electron chi connectivity index (χ2n) is 2.97. The molecular weight excluding hydrogens is 136 g/mol. The van der Waals surface area contributed by atoms with Crippen LogP contribution in [0.15, 0.2) is 36.0 Å². The number of hydrogen-bond acceptors (Lipinski definition) is 1. The molecule has 0 N–H and O–H groups in total. The van der Waals surface area contributed by atoms with Gasteiger partial charge in [0.05, 0.1) is 0 Å². The first-order chi connectivity index (χ1) is 5.38. The molecule has 56 valence electrons. The molecule has 0 radical (unpaired) electrons. The van der Waals surface area contributed by atoms with Gasteiger partial charge in [0.25, 0.3) is 0 Å². The largest absolute Gasteiger partial charge is 0.294 e. The van der Waals surface area contributed by atoms with Crippen molar-refractivity contribution in [2.45, 2.75) is 12.8 Å². The van der Waals surface area contributed by atoms with Crippen molar-refractivity contribution in [3.8, 4) is 0 Å². The monoisotopic (exact) mass is 146 g/mol. The molecule has 0 saturated heterocycles. The number of hydrogen-bond donors (Lipinski definition) is 0. The van der Waals surface area contributed by atoms with Gasteiger partial charge in [0.2, 0.25) is 0 Å². The van der Waals surface area contributed by atoms with Crippen molar-refractivity contribution in [1.82, 2.24) is 0 Å². The Balaban J connectivity index is 2.34. The van der Waals surface area contributed by atoms with Gasteiger partial charge in [-0.3, -0.25) is 4.79 Å². The lowest BCUT2D eigenvalue weighted by Gasteiger charge is -2.20. The fraction of sp³-hybridized carbons (Fsp3) is 0.300. The van der Waals surface area contributed by atoms with Crippen LogP contribution in [-0.2, 0) is 4.79 Å². The van der Waals surface area contributed by atoms with Crippen LogP contribution in [0.1, 0.15) is 12.8 Å². The van der Waals surface area contributed by atoms with E-state index < -0.39 is 0 Å². The Hall–Kier alpha value is -1.11. The predicted octanol–water partition coefficient (Wildman–Crippen LogP) is 2.02. The molecule has 0 aromatic heterocycles. The van der Waals surface area contributed by atoms with Crippen molar-refractivity contribution < 1.29 is 4.79 Å². The molecule has 1 nitrogen and oxygen atoms in total. The molecule has 0 aliphatic heterocycles. The molecular formula is C10H10O. The molecule has 0 aromatic rings. The summed E-state index contributed by atoms with van der Waals surface area (Å²) in [6.07, 6.45) is 11.7. The summed E-state index contributed by atoms with van der Waals surface area (Å²) >= 11 is 0. The average molecular weight is 146 g/mol. The Labute approximate surface area is 66.1 Å². The zero-order chi connectivity index (χ0) is 7.68. The quantitative estimate of drug-likeness (QED) is 0.511. The Morgan fingerprint density at radius 3 is 3.09 bits per heavy atom. The highest BCUT2D eigenvalue weighted by molar-refractivity contribution is 5.95. The zero-order valence-electron chi connectivity index (χ0n) is 6.29. The standard InChI is InChI=1S/C10H10O/c11-10-7-3-5-8-4-1-2-6-9(8)10/h1-4,7,9H,5-6H2. The third kappa shape index (κ3) is 1.07. The fourth-order valence-corrected chi connectivity index (χ4v) is 1.61. The Bertz CT molecular complexity index is 269. The molecule has 11 heavy (non-hydrogen) atoms. The van der Waals surface area contributed by atoms with E-state index in [0.717, 1.165) is 12.8 Å². The molecule has 0 aromatic carbocycles. The minimum Gasteiger partial charge on any atom is -0.294 e. The van der Waals surface area contributed by atoms with Gasteiger partial charge in [0.15, 0.2) is 5.78 Å². The van der Waals surface area contributed by atoms with Crippen molar-refractivity contribution in [2.75, 3.05) is 0 Å². The molecule has 0 amide bonds. The summed E-state index contributed by atoms with van der Waals surface area (Å²) in [5.41, 5.74) is 1.28. The zero-order valence-corrected chi connectivity index (χ0v) is 6.29.